The SMILES string of the molecule is C=CCn1c(=NC(=O)C=Cc2ccccc2)sc2cc3c(cc21)OCO3. The lowest BCUT2D eigenvalue weighted by atomic mass is 10.2. The molecule has 0 fully saturated rings. The third-order valence-corrected chi connectivity index (χ3v) is 4.95. The summed E-state index contributed by atoms with van der Waals surface area (Å²) >= 11 is 1.44. The summed E-state index contributed by atoms with van der Waals surface area (Å²) in [6, 6.07) is 13.5. The molecular formula is C20H16N2O3S. The van der Waals surface area contributed by atoms with Crippen LogP contribution in [-0.2, 0) is 11.3 Å². The van der Waals surface area contributed by atoms with Crippen molar-refractivity contribution in [2.75, 3.05) is 6.79 Å². The number of thiazole rings is 1. The van der Waals surface area contributed by atoms with E-state index >= 15 is 0 Å². The third-order valence-electron chi connectivity index (χ3n) is 3.91. The number of nitrogens with zero attached hydrogens (tertiary/aromatic N) is 2. The van der Waals surface area contributed by atoms with Crippen LogP contribution in [0.2, 0.25) is 0 Å². The fraction of sp³-hybridized carbons (Fsp3) is 0.100. The molecule has 0 N–H and O–H groups in total. The molecule has 3 aromatic rings. The van der Waals surface area contributed by atoms with Crippen LogP contribution in [0.3, 0.4) is 0 Å². The number of benzene rings is 2. The number of rotatable bonds is 4. The lowest BCUT2D eigenvalue weighted by molar-refractivity contribution is -0.113. The number of carbonyl (C=O) groups is 1. The minimum absolute atomic E-state index is 0.230. The van der Waals surface area contributed by atoms with Crippen molar-refractivity contribution in [1.82, 2.24) is 4.57 Å². The van der Waals surface area contributed by atoms with Gasteiger partial charge in [-0.1, -0.05) is 47.7 Å². The standard InChI is InChI=1S/C20H16N2O3S/c1-2-10-22-15-11-16-17(25-13-24-16)12-18(15)26-20(22)21-19(23)9-8-14-6-4-3-5-7-14/h2-9,11-12H,1,10,13H2. The highest BCUT2D eigenvalue weighted by Gasteiger charge is 2.17. The van der Waals surface area contributed by atoms with Gasteiger partial charge >= 0.3 is 0 Å². The normalized spacial score (nSPS) is 13.6. The summed E-state index contributed by atoms with van der Waals surface area (Å²) in [5.74, 6) is 1.11. The molecule has 0 saturated carbocycles. The van der Waals surface area contributed by atoms with Crippen molar-refractivity contribution in [1.29, 1.82) is 0 Å². The van der Waals surface area contributed by atoms with Gasteiger partial charge in [-0.15, -0.1) is 6.58 Å². The summed E-state index contributed by atoms with van der Waals surface area (Å²) in [4.78, 5) is 17.2. The highest BCUT2D eigenvalue weighted by Crippen LogP contribution is 2.36. The van der Waals surface area contributed by atoms with Crippen molar-refractivity contribution in [3.63, 3.8) is 0 Å². The van der Waals surface area contributed by atoms with Crippen LogP contribution in [0.25, 0.3) is 16.3 Å². The molecule has 1 aromatic heterocycles. The molecule has 5 nitrogen and oxygen atoms in total. The molecule has 2 heterocycles. The number of fused-ring (bicyclic) bond motifs is 2. The predicted octanol–water partition coefficient (Wildman–Crippen LogP) is 3.76. The first-order valence-corrected chi connectivity index (χ1v) is 8.92. The van der Waals surface area contributed by atoms with Crippen molar-refractivity contribution in [2.24, 2.45) is 4.99 Å². The minimum atomic E-state index is -0.307. The molecule has 1 aliphatic heterocycles. The highest BCUT2D eigenvalue weighted by atomic mass is 32.1. The molecule has 0 atom stereocenters. The van der Waals surface area contributed by atoms with Crippen LogP contribution >= 0.6 is 11.3 Å². The quantitative estimate of drug-likeness (QED) is 0.523. The maximum Gasteiger partial charge on any atom is 0.272 e. The second-order valence-corrected chi connectivity index (χ2v) is 6.66. The maximum atomic E-state index is 12.3. The van der Waals surface area contributed by atoms with Crippen molar-refractivity contribution < 1.29 is 14.3 Å². The molecule has 130 valence electrons. The lowest BCUT2D eigenvalue weighted by Crippen LogP contribution is -2.15. The van der Waals surface area contributed by atoms with Gasteiger partial charge in [-0.3, -0.25) is 4.79 Å². The Balaban J connectivity index is 1.74. The Morgan fingerprint density at radius 3 is 2.77 bits per heavy atom. The molecule has 4 rings (SSSR count). The van der Waals surface area contributed by atoms with E-state index in [2.05, 4.69) is 11.6 Å². The number of amides is 1. The van der Waals surface area contributed by atoms with E-state index in [-0.39, 0.29) is 12.7 Å². The van der Waals surface area contributed by atoms with Crippen LogP contribution in [-0.4, -0.2) is 17.3 Å². The maximum absolute atomic E-state index is 12.3. The Labute approximate surface area is 154 Å². The second kappa shape index (κ2) is 7.01. The van der Waals surface area contributed by atoms with E-state index in [1.54, 1.807) is 12.2 Å². The molecule has 0 unspecified atom stereocenters. The molecule has 0 bridgehead atoms. The van der Waals surface area contributed by atoms with Gasteiger partial charge in [-0.2, -0.15) is 4.99 Å². The monoisotopic (exact) mass is 364 g/mol. The van der Waals surface area contributed by atoms with Gasteiger partial charge < -0.3 is 14.0 Å². The Morgan fingerprint density at radius 2 is 2.00 bits per heavy atom. The van der Waals surface area contributed by atoms with Crippen molar-refractivity contribution in [3.05, 3.63) is 71.6 Å². The zero-order valence-electron chi connectivity index (χ0n) is 13.9. The van der Waals surface area contributed by atoms with Crippen LogP contribution in [0.1, 0.15) is 5.56 Å². The minimum Gasteiger partial charge on any atom is -0.454 e. The van der Waals surface area contributed by atoms with Crippen LogP contribution in [0.5, 0.6) is 11.5 Å². The fourth-order valence-electron chi connectivity index (χ4n) is 2.71. The second-order valence-electron chi connectivity index (χ2n) is 5.65. The van der Waals surface area contributed by atoms with Gasteiger partial charge in [-0.25, -0.2) is 0 Å². The molecule has 0 aliphatic carbocycles. The van der Waals surface area contributed by atoms with Crippen LogP contribution in [0, 0.1) is 0 Å². The average molecular weight is 364 g/mol. The van der Waals surface area contributed by atoms with Gasteiger partial charge in [0.2, 0.25) is 6.79 Å². The molecule has 0 spiro atoms. The molecular weight excluding hydrogens is 348 g/mol. The molecule has 26 heavy (non-hydrogen) atoms. The lowest BCUT2D eigenvalue weighted by Gasteiger charge is -2.01. The van der Waals surface area contributed by atoms with Gasteiger partial charge in [0.25, 0.3) is 5.91 Å². The Bertz CT molecular complexity index is 1080. The summed E-state index contributed by atoms with van der Waals surface area (Å²) in [6.07, 6.45) is 5.01. The average Bonchev–Trinajstić information content (AvgIpc) is 3.24. The molecule has 0 radical (unpaired) electrons. The topological polar surface area (TPSA) is 52.8 Å². The first-order valence-electron chi connectivity index (χ1n) is 8.10. The third kappa shape index (κ3) is 3.19. The van der Waals surface area contributed by atoms with Gasteiger partial charge in [-0.05, 0) is 11.6 Å². The van der Waals surface area contributed by atoms with Crippen LogP contribution < -0.4 is 14.3 Å². The number of hydrogen-bond donors (Lipinski definition) is 0. The number of aromatic nitrogens is 1. The Hall–Kier alpha value is -3.12. The first-order chi connectivity index (χ1) is 12.7. The van der Waals surface area contributed by atoms with Crippen molar-refractivity contribution in [2.45, 2.75) is 6.54 Å². The van der Waals surface area contributed by atoms with Gasteiger partial charge in [0, 0.05) is 24.8 Å². The van der Waals surface area contributed by atoms with Crippen LogP contribution in [0.15, 0.2) is 66.2 Å². The summed E-state index contributed by atoms with van der Waals surface area (Å²) < 4.78 is 13.8. The van der Waals surface area contributed by atoms with Gasteiger partial charge in [0.05, 0.1) is 10.2 Å². The predicted molar refractivity (Wildman–Crippen MR) is 102 cm³/mol. The van der Waals surface area contributed by atoms with E-state index in [9.17, 15) is 4.79 Å². The van der Waals surface area contributed by atoms with Gasteiger partial charge in [0.15, 0.2) is 16.3 Å². The van der Waals surface area contributed by atoms with E-state index in [4.69, 9.17) is 9.47 Å². The molecule has 1 amide bonds. The first kappa shape index (κ1) is 16.4. The number of hydrogen-bond acceptors (Lipinski definition) is 4. The summed E-state index contributed by atoms with van der Waals surface area (Å²) in [5.41, 5.74) is 1.90. The Kier molecular flexibility index (Phi) is 4.41. The smallest absolute Gasteiger partial charge is 0.272 e. The zero-order chi connectivity index (χ0) is 17.9. The number of carbonyl (C=O) groups excluding carboxylic acids is 1. The number of allylic oxidation sites excluding steroid dienone is 1. The molecule has 0 saturated heterocycles. The van der Waals surface area contributed by atoms with E-state index in [1.807, 2.05) is 47.0 Å². The molecule has 1 aliphatic rings. The van der Waals surface area contributed by atoms with E-state index < -0.39 is 0 Å². The van der Waals surface area contributed by atoms with Crippen LogP contribution in [0.4, 0.5) is 0 Å². The van der Waals surface area contributed by atoms with E-state index in [1.165, 1.54) is 17.4 Å². The largest absolute Gasteiger partial charge is 0.454 e. The molecule has 6 heteroatoms. The van der Waals surface area contributed by atoms with Gasteiger partial charge in [0.1, 0.15) is 0 Å². The number of ether oxygens (including phenoxy) is 2. The Morgan fingerprint density at radius 1 is 1.23 bits per heavy atom. The molecule has 2 aromatic carbocycles. The zero-order valence-corrected chi connectivity index (χ0v) is 14.7. The summed E-state index contributed by atoms with van der Waals surface area (Å²) in [7, 11) is 0. The van der Waals surface area contributed by atoms with E-state index in [0.717, 1.165) is 15.8 Å². The van der Waals surface area contributed by atoms with E-state index in [0.29, 0.717) is 22.8 Å². The van der Waals surface area contributed by atoms with Crippen molar-refractivity contribution in [3.8, 4) is 11.5 Å². The summed E-state index contributed by atoms with van der Waals surface area (Å²) in [5, 5.41) is 0. The van der Waals surface area contributed by atoms with Crippen molar-refractivity contribution >= 4 is 33.5 Å². The summed E-state index contributed by atoms with van der Waals surface area (Å²) in [6.45, 7) is 4.58. The fourth-order valence-corrected chi connectivity index (χ4v) is 3.77. The highest BCUT2D eigenvalue weighted by molar-refractivity contribution is 7.16.